The van der Waals surface area contributed by atoms with E-state index in [4.69, 9.17) is 5.84 Å². The van der Waals surface area contributed by atoms with Crippen LogP contribution in [0.3, 0.4) is 0 Å². The van der Waals surface area contributed by atoms with Crippen molar-refractivity contribution in [1.82, 2.24) is 31.0 Å². The lowest BCUT2D eigenvalue weighted by molar-refractivity contribution is 0.617. The Bertz CT molecular complexity index is 763. The van der Waals surface area contributed by atoms with Crippen LogP contribution < -0.4 is 27.7 Å². The highest BCUT2D eigenvalue weighted by atomic mass is 15.7. The van der Waals surface area contributed by atoms with Crippen molar-refractivity contribution in [3.63, 3.8) is 0 Å². The fourth-order valence-electron chi connectivity index (χ4n) is 2.45. The molecular weight excluding hydrogens is 282 g/mol. The predicted octanol–water partition coefficient (Wildman–Crippen LogP) is 0.885. The Morgan fingerprint density at radius 1 is 1.14 bits per heavy atom. The Morgan fingerprint density at radius 2 is 2.09 bits per heavy atom. The number of hydrogen-bond donors (Lipinski definition) is 6. The number of aromatic nitrogens is 4. The number of pyridine rings is 2. The molecule has 3 aromatic heterocycles. The van der Waals surface area contributed by atoms with E-state index in [0.717, 1.165) is 34.0 Å². The smallest absolute Gasteiger partial charge is 0.217 e. The molecule has 0 aliphatic carbocycles. The summed E-state index contributed by atoms with van der Waals surface area (Å²) >= 11 is 0. The molecular formula is C13H13N9. The van der Waals surface area contributed by atoms with Crippen molar-refractivity contribution in [2.75, 3.05) is 10.7 Å². The standard InChI is InChI=1S/C13H13N9/c14-21-22-20-13-18-10-7-3-5-15-6-9(7)17-12-8(11(10)19-13)2-1-4-16-12/h1-6,21-22H,14H2,(H,16,17)(H2,18,19,20). The zero-order chi connectivity index (χ0) is 14.9. The van der Waals surface area contributed by atoms with Gasteiger partial charge in [-0.2, -0.15) is 11.1 Å². The van der Waals surface area contributed by atoms with Crippen LogP contribution in [0.15, 0.2) is 36.8 Å². The van der Waals surface area contributed by atoms with Crippen molar-refractivity contribution >= 4 is 17.5 Å². The van der Waals surface area contributed by atoms with E-state index in [1.807, 2.05) is 18.2 Å². The molecule has 7 N–H and O–H groups in total. The minimum absolute atomic E-state index is 0.530. The fraction of sp³-hybridized carbons (Fsp3) is 0. The summed E-state index contributed by atoms with van der Waals surface area (Å²) in [6, 6.07) is 5.76. The van der Waals surface area contributed by atoms with Crippen LogP contribution in [0.4, 0.5) is 17.5 Å². The van der Waals surface area contributed by atoms with E-state index in [0.29, 0.717) is 5.95 Å². The molecule has 0 atom stereocenters. The number of fused-ring (bicyclic) bond motifs is 5. The maximum Gasteiger partial charge on any atom is 0.217 e. The van der Waals surface area contributed by atoms with Crippen LogP contribution in [0.5, 0.6) is 0 Å². The number of hydrogen-bond acceptors (Lipinski definition) is 8. The summed E-state index contributed by atoms with van der Waals surface area (Å²) in [5.74, 6) is 6.45. The highest BCUT2D eigenvalue weighted by Crippen LogP contribution is 2.41. The summed E-state index contributed by atoms with van der Waals surface area (Å²) < 4.78 is 0. The lowest BCUT2D eigenvalue weighted by atomic mass is 10.1. The maximum absolute atomic E-state index is 5.18. The van der Waals surface area contributed by atoms with E-state index in [1.165, 1.54) is 0 Å². The lowest BCUT2D eigenvalue weighted by Gasteiger charge is -2.08. The second-order valence-corrected chi connectivity index (χ2v) is 4.65. The van der Waals surface area contributed by atoms with E-state index in [1.54, 1.807) is 18.6 Å². The number of anilines is 3. The highest BCUT2D eigenvalue weighted by molar-refractivity contribution is 5.94. The molecule has 0 saturated carbocycles. The summed E-state index contributed by atoms with van der Waals surface area (Å²) in [7, 11) is 0. The number of nitrogens with zero attached hydrogens (tertiary/aromatic N) is 3. The SMILES string of the molecule is NNNNc1nc2c([nH]1)-c1ccncc1Nc1ncccc1-2. The number of nitrogens with one attached hydrogen (secondary N) is 5. The summed E-state index contributed by atoms with van der Waals surface area (Å²) in [4.78, 5) is 16.3. The van der Waals surface area contributed by atoms with E-state index in [-0.39, 0.29) is 0 Å². The Hall–Kier alpha value is -3.01. The molecule has 0 saturated heterocycles. The quantitative estimate of drug-likeness (QED) is 0.243. The number of nitrogens with two attached hydrogens (primary N) is 1. The molecule has 0 bridgehead atoms. The van der Waals surface area contributed by atoms with Gasteiger partial charge < -0.3 is 10.3 Å². The first kappa shape index (κ1) is 12.7. The van der Waals surface area contributed by atoms with Crippen LogP contribution in [0, 0.1) is 0 Å². The molecule has 4 rings (SSSR count). The number of imidazole rings is 1. The number of hydrazine groups is 3. The van der Waals surface area contributed by atoms with Crippen LogP contribution in [0.25, 0.3) is 22.5 Å². The van der Waals surface area contributed by atoms with Crippen molar-refractivity contribution in [1.29, 1.82) is 0 Å². The highest BCUT2D eigenvalue weighted by Gasteiger charge is 2.23. The molecule has 1 aliphatic rings. The topological polar surface area (TPSA) is 129 Å². The van der Waals surface area contributed by atoms with Crippen LogP contribution >= 0.6 is 0 Å². The molecule has 0 amide bonds. The molecule has 0 unspecified atom stereocenters. The van der Waals surface area contributed by atoms with Crippen molar-refractivity contribution in [2.24, 2.45) is 5.84 Å². The van der Waals surface area contributed by atoms with Crippen LogP contribution in [0.1, 0.15) is 0 Å². The van der Waals surface area contributed by atoms with Crippen LogP contribution in [0.2, 0.25) is 0 Å². The van der Waals surface area contributed by atoms with Gasteiger partial charge in [0.05, 0.1) is 17.6 Å². The minimum Gasteiger partial charge on any atom is -0.338 e. The number of aromatic amines is 1. The average Bonchev–Trinajstić information content (AvgIpc) is 2.92. The predicted molar refractivity (Wildman–Crippen MR) is 82.4 cm³/mol. The molecule has 0 fully saturated rings. The summed E-state index contributed by atoms with van der Waals surface area (Å²) in [5.41, 5.74) is 12.1. The second kappa shape index (κ2) is 5.07. The Labute approximate surface area is 125 Å². The molecule has 22 heavy (non-hydrogen) atoms. The van der Waals surface area contributed by atoms with Gasteiger partial charge in [0.2, 0.25) is 5.95 Å². The van der Waals surface area contributed by atoms with Crippen molar-refractivity contribution in [3.05, 3.63) is 36.8 Å². The second-order valence-electron chi connectivity index (χ2n) is 4.65. The molecule has 3 aromatic rings. The third kappa shape index (κ3) is 1.97. The monoisotopic (exact) mass is 295 g/mol. The van der Waals surface area contributed by atoms with E-state index < -0.39 is 0 Å². The lowest BCUT2D eigenvalue weighted by Crippen LogP contribution is -2.42. The minimum atomic E-state index is 0.530. The Kier molecular flexibility index (Phi) is 2.93. The van der Waals surface area contributed by atoms with Gasteiger partial charge >= 0.3 is 0 Å². The first-order chi connectivity index (χ1) is 10.9. The van der Waals surface area contributed by atoms with E-state index in [9.17, 15) is 0 Å². The van der Waals surface area contributed by atoms with E-state index in [2.05, 4.69) is 41.7 Å². The van der Waals surface area contributed by atoms with Gasteiger partial charge in [0.25, 0.3) is 0 Å². The van der Waals surface area contributed by atoms with Crippen molar-refractivity contribution < 1.29 is 0 Å². The third-order valence-electron chi connectivity index (χ3n) is 3.36. The molecule has 1 aliphatic heterocycles. The maximum atomic E-state index is 5.18. The molecule has 0 radical (unpaired) electrons. The molecule has 0 spiro atoms. The summed E-state index contributed by atoms with van der Waals surface area (Å²) in [5, 5.41) is 3.30. The van der Waals surface area contributed by atoms with Crippen LogP contribution in [-0.2, 0) is 0 Å². The third-order valence-corrected chi connectivity index (χ3v) is 3.36. The van der Waals surface area contributed by atoms with Gasteiger partial charge in [-0.1, -0.05) is 0 Å². The van der Waals surface area contributed by atoms with Crippen molar-refractivity contribution in [3.8, 4) is 22.5 Å². The Morgan fingerprint density at radius 3 is 3.00 bits per heavy atom. The van der Waals surface area contributed by atoms with Crippen LogP contribution in [-0.4, -0.2) is 19.9 Å². The molecule has 9 heteroatoms. The van der Waals surface area contributed by atoms with Gasteiger partial charge in [0, 0.05) is 23.5 Å². The first-order valence-electron chi connectivity index (χ1n) is 6.60. The van der Waals surface area contributed by atoms with Gasteiger partial charge in [-0.3, -0.25) is 16.3 Å². The van der Waals surface area contributed by atoms with Gasteiger partial charge in [-0.15, -0.1) is 0 Å². The Balaban J connectivity index is 1.94. The van der Waals surface area contributed by atoms with Gasteiger partial charge in [-0.05, 0) is 18.2 Å². The largest absolute Gasteiger partial charge is 0.338 e. The average molecular weight is 295 g/mol. The fourth-order valence-corrected chi connectivity index (χ4v) is 2.45. The first-order valence-corrected chi connectivity index (χ1v) is 6.60. The van der Waals surface area contributed by atoms with Gasteiger partial charge in [0.15, 0.2) is 0 Å². The van der Waals surface area contributed by atoms with Gasteiger partial charge in [-0.25, -0.2) is 9.97 Å². The number of H-pyrrole nitrogens is 1. The number of rotatable bonds is 3. The van der Waals surface area contributed by atoms with Crippen molar-refractivity contribution in [2.45, 2.75) is 0 Å². The molecule has 4 heterocycles. The van der Waals surface area contributed by atoms with E-state index >= 15 is 0 Å². The van der Waals surface area contributed by atoms with Gasteiger partial charge in [0.1, 0.15) is 11.5 Å². The molecule has 0 aromatic carbocycles. The summed E-state index contributed by atoms with van der Waals surface area (Å²) in [6.07, 6.45) is 5.23. The molecule has 110 valence electrons. The molecule has 9 nitrogen and oxygen atoms in total. The summed E-state index contributed by atoms with van der Waals surface area (Å²) in [6.45, 7) is 0. The normalized spacial score (nSPS) is 11.7. The zero-order valence-electron chi connectivity index (χ0n) is 11.4. The zero-order valence-corrected chi connectivity index (χ0v) is 11.4.